The van der Waals surface area contributed by atoms with E-state index in [2.05, 4.69) is 112 Å². The van der Waals surface area contributed by atoms with Crippen LogP contribution in [0.4, 0.5) is 0 Å². The molecule has 0 bridgehead atoms. The molecule has 0 radical (unpaired) electrons. The predicted octanol–water partition coefficient (Wildman–Crippen LogP) is 10.9. The van der Waals surface area contributed by atoms with Crippen LogP contribution in [0.15, 0.2) is 152 Å². The number of benzene rings is 4. The third-order valence-corrected chi connectivity index (χ3v) is 10.4. The quantitative estimate of drug-likeness (QED) is 0.194. The van der Waals surface area contributed by atoms with Gasteiger partial charge in [-0.3, -0.25) is 14.5 Å². The summed E-state index contributed by atoms with van der Waals surface area (Å²) in [7, 11) is 0. The van der Waals surface area contributed by atoms with Gasteiger partial charge in [0.2, 0.25) is 0 Å². The van der Waals surface area contributed by atoms with Crippen molar-refractivity contribution in [1.82, 2.24) is 24.5 Å². The summed E-state index contributed by atoms with van der Waals surface area (Å²) < 4.78 is 4.93. The van der Waals surface area contributed by atoms with E-state index in [1.54, 1.807) is 12.4 Å². The molecule has 224 valence electrons. The Kier molecular flexibility index (Phi) is 5.98. The molecule has 0 atom stereocenters. The topological polar surface area (TPSA) is 56.5 Å². The van der Waals surface area contributed by atoms with Crippen LogP contribution in [0.2, 0.25) is 0 Å². The summed E-state index contributed by atoms with van der Waals surface area (Å²) in [5.74, 6) is 0.876. The Morgan fingerprint density at radius 1 is 0.500 bits per heavy atom. The Morgan fingerprint density at radius 3 is 2.23 bits per heavy atom. The van der Waals surface area contributed by atoms with E-state index in [0.29, 0.717) is 0 Å². The summed E-state index contributed by atoms with van der Waals surface area (Å²) in [5, 5.41) is 7.69. The first-order valence-corrected chi connectivity index (χ1v) is 16.7. The zero-order valence-electron chi connectivity index (χ0n) is 25.6. The molecule has 0 saturated carbocycles. The van der Waals surface area contributed by atoms with Crippen LogP contribution in [0.3, 0.4) is 0 Å². The van der Waals surface area contributed by atoms with Crippen LogP contribution in [0, 0.1) is 0 Å². The van der Waals surface area contributed by atoms with Crippen molar-refractivity contribution in [2.75, 3.05) is 0 Å². The average Bonchev–Trinajstić information content (AvgIpc) is 3.71. The average molecular weight is 632 g/mol. The van der Waals surface area contributed by atoms with Crippen LogP contribution in [0.5, 0.6) is 0 Å². The highest BCUT2D eigenvalue weighted by Gasteiger charge is 2.19. The lowest BCUT2D eigenvalue weighted by atomic mass is 10.0. The molecule has 0 unspecified atom stereocenters. The Labute approximate surface area is 279 Å². The van der Waals surface area contributed by atoms with Crippen molar-refractivity contribution in [2.24, 2.45) is 0 Å². The van der Waals surface area contributed by atoms with Crippen LogP contribution >= 0.6 is 11.3 Å². The normalized spacial score (nSPS) is 11.8. The molecule has 0 fully saturated rings. The molecule has 0 aliphatic rings. The van der Waals surface area contributed by atoms with Gasteiger partial charge in [0.25, 0.3) is 0 Å². The van der Waals surface area contributed by atoms with Crippen molar-refractivity contribution >= 4 is 64.1 Å². The highest BCUT2D eigenvalue weighted by atomic mass is 32.1. The molecule has 6 aromatic heterocycles. The lowest BCUT2D eigenvalue weighted by Crippen LogP contribution is -1.98. The van der Waals surface area contributed by atoms with Crippen molar-refractivity contribution in [3.63, 3.8) is 0 Å². The van der Waals surface area contributed by atoms with Crippen LogP contribution in [0.1, 0.15) is 0 Å². The molecule has 0 aliphatic heterocycles. The molecule has 10 aromatic rings. The number of hydrogen-bond donors (Lipinski definition) is 0. The van der Waals surface area contributed by atoms with Crippen LogP contribution in [-0.2, 0) is 0 Å². The molecular weight excluding hydrogens is 607 g/mol. The maximum absolute atomic E-state index is 5.09. The first-order valence-electron chi connectivity index (χ1n) is 15.9. The summed E-state index contributed by atoms with van der Waals surface area (Å²) >= 11 is 1.88. The monoisotopic (exact) mass is 631 g/mol. The molecule has 10 rings (SSSR count). The van der Waals surface area contributed by atoms with E-state index in [-0.39, 0.29) is 0 Å². The number of rotatable bonds is 4. The van der Waals surface area contributed by atoms with E-state index < -0.39 is 0 Å². The summed E-state index contributed by atoms with van der Waals surface area (Å²) in [6, 6.07) is 44.7. The van der Waals surface area contributed by atoms with Crippen LogP contribution in [0.25, 0.3) is 92.3 Å². The smallest absolute Gasteiger partial charge is 0.137 e. The van der Waals surface area contributed by atoms with Gasteiger partial charge in [-0.05, 0) is 83.1 Å². The fourth-order valence-corrected chi connectivity index (χ4v) is 8.24. The summed E-state index contributed by atoms with van der Waals surface area (Å²) in [4.78, 5) is 19.0. The molecule has 0 aliphatic carbocycles. The van der Waals surface area contributed by atoms with Gasteiger partial charge in [-0.25, -0.2) is 9.97 Å². The van der Waals surface area contributed by atoms with Crippen molar-refractivity contribution in [3.8, 4) is 39.6 Å². The van der Waals surface area contributed by atoms with Gasteiger partial charge < -0.3 is 0 Å². The standard InChI is InChI=1S/C42H25N5S/c1-2-10-30-26(8-1)14-16-32-41-38(48-42(30)32)18-17-37-40(41)31-11-3-4-13-36(31)47(37)39-19-15-27(25-45-39)29-22-34(28-9-7-20-43-24-28)46-35(23-29)33-12-5-6-21-44-33/h1-25H. The molecule has 48 heavy (non-hydrogen) atoms. The SMILES string of the molecule is c1ccc(-c2cc(-c3ccc(-n4c5ccccc5c5c6c(ccc54)sc4c5ccccc5ccc46)nc3)cc(-c3cccnc3)n2)nc1. The first kappa shape index (κ1) is 26.9. The Hall–Kier alpha value is -6.24. The highest BCUT2D eigenvalue weighted by Crippen LogP contribution is 2.45. The fourth-order valence-electron chi connectivity index (χ4n) is 6.99. The van der Waals surface area contributed by atoms with Gasteiger partial charge in [0.1, 0.15) is 5.82 Å². The second-order valence-electron chi connectivity index (χ2n) is 11.9. The molecule has 0 saturated heterocycles. The largest absolute Gasteiger partial charge is 0.294 e. The number of pyridine rings is 4. The Bertz CT molecular complexity index is 2760. The number of thiophene rings is 1. The fraction of sp³-hybridized carbons (Fsp3) is 0. The number of para-hydroxylation sites is 1. The lowest BCUT2D eigenvalue weighted by Gasteiger charge is -2.11. The zero-order chi connectivity index (χ0) is 31.6. The molecule has 0 spiro atoms. The van der Waals surface area contributed by atoms with Gasteiger partial charge in [0.05, 0.1) is 28.1 Å². The zero-order valence-corrected chi connectivity index (χ0v) is 26.4. The molecular formula is C42H25N5S. The van der Waals surface area contributed by atoms with Crippen molar-refractivity contribution in [2.45, 2.75) is 0 Å². The summed E-state index contributed by atoms with van der Waals surface area (Å²) in [5.41, 5.74) is 7.72. The van der Waals surface area contributed by atoms with Gasteiger partial charge in [0.15, 0.2) is 0 Å². The Balaban J connectivity index is 1.15. The number of nitrogens with zero attached hydrogens (tertiary/aromatic N) is 5. The highest BCUT2D eigenvalue weighted by molar-refractivity contribution is 7.27. The van der Waals surface area contributed by atoms with E-state index in [1.165, 1.54) is 41.7 Å². The number of hydrogen-bond acceptors (Lipinski definition) is 5. The molecule has 6 heteroatoms. The summed E-state index contributed by atoms with van der Waals surface area (Å²) in [6.07, 6.45) is 7.38. The second kappa shape index (κ2) is 10.7. The van der Waals surface area contributed by atoms with E-state index in [4.69, 9.17) is 9.97 Å². The maximum atomic E-state index is 5.09. The second-order valence-corrected chi connectivity index (χ2v) is 13.0. The minimum Gasteiger partial charge on any atom is -0.294 e. The van der Waals surface area contributed by atoms with Gasteiger partial charge in [-0.15, -0.1) is 11.3 Å². The van der Waals surface area contributed by atoms with Crippen molar-refractivity contribution in [1.29, 1.82) is 0 Å². The number of aromatic nitrogens is 5. The maximum Gasteiger partial charge on any atom is 0.137 e. The van der Waals surface area contributed by atoms with Crippen LogP contribution < -0.4 is 0 Å². The van der Waals surface area contributed by atoms with E-state index in [0.717, 1.165) is 50.6 Å². The molecule has 6 heterocycles. The van der Waals surface area contributed by atoms with E-state index in [9.17, 15) is 0 Å². The minimum atomic E-state index is 0.804. The molecule has 5 nitrogen and oxygen atoms in total. The number of fused-ring (bicyclic) bond motifs is 9. The minimum absolute atomic E-state index is 0.804. The molecule has 0 amide bonds. The van der Waals surface area contributed by atoms with Gasteiger partial charge in [-0.1, -0.05) is 60.7 Å². The van der Waals surface area contributed by atoms with E-state index >= 15 is 0 Å². The third kappa shape index (κ3) is 4.16. The van der Waals surface area contributed by atoms with E-state index in [1.807, 2.05) is 54.1 Å². The lowest BCUT2D eigenvalue weighted by molar-refractivity contribution is 1.08. The van der Waals surface area contributed by atoms with Gasteiger partial charge >= 0.3 is 0 Å². The third-order valence-electron chi connectivity index (χ3n) is 9.18. The van der Waals surface area contributed by atoms with Crippen LogP contribution in [-0.4, -0.2) is 24.5 Å². The van der Waals surface area contributed by atoms with Gasteiger partial charge in [-0.2, -0.15) is 0 Å². The van der Waals surface area contributed by atoms with Gasteiger partial charge in [0, 0.05) is 66.9 Å². The van der Waals surface area contributed by atoms with Crippen molar-refractivity contribution in [3.05, 3.63) is 152 Å². The summed E-state index contributed by atoms with van der Waals surface area (Å²) in [6.45, 7) is 0. The molecule has 0 N–H and O–H groups in total. The molecule has 4 aromatic carbocycles. The first-order chi connectivity index (χ1) is 23.8. The predicted molar refractivity (Wildman–Crippen MR) is 199 cm³/mol. The Morgan fingerprint density at radius 2 is 1.38 bits per heavy atom. The van der Waals surface area contributed by atoms with Crippen molar-refractivity contribution < 1.29 is 0 Å².